The second-order valence-corrected chi connectivity index (χ2v) is 9.65. The van der Waals surface area contributed by atoms with Crippen molar-refractivity contribution < 1.29 is 14.6 Å². The number of hydrogen-bond acceptors (Lipinski definition) is 6. The summed E-state index contributed by atoms with van der Waals surface area (Å²) in [5, 5.41) is 21.9. The van der Waals surface area contributed by atoms with Crippen LogP contribution in [0.5, 0.6) is 5.88 Å². The van der Waals surface area contributed by atoms with E-state index in [0.29, 0.717) is 5.56 Å². The molecule has 4 aromatic rings. The number of rotatable bonds is 5. The SMILES string of the molecule is CC(C)(C)OC(=O)Cc1ccc2[nH]c(O)c(C=c3ccc4c(c3)N=NC=4/C=C/c3ccncc3)c2c1. The molecule has 180 valence electrons. The number of azo groups is 1. The molecular formula is C29H26N4O3. The quantitative estimate of drug-likeness (QED) is 0.399. The van der Waals surface area contributed by atoms with E-state index in [1.807, 2.05) is 87.5 Å². The summed E-state index contributed by atoms with van der Waals surface area (Å²) in [6, 6.07) is 15.4. The minimum Gasteiger partial charge on any atom is -0.494 e. The number of benzene rings is 2. The zero-order valence-corrected chi connectivity index (χ0v) is 20.3. The monoisotopic (exact) mass is 478 g/mol. The molecule has 2 aromatic carbocycles. The summed E-state index contributed by atoms with van der Waals surface area (Å²) in [5.74, 6) is -0.227. The van der Waals surface area contributed by atoms with Crippen molar-refractivity contribution in [2.45, 2.75) is 32.8 Å². The molecule has 0 atom stereocenters. The molecule has 5 rings (SSSR count). The lowest BCUT2D eigenvalue weighted by atomic mass is 10.1. The maximum atomic E-state index is 12.3. The number of fused-ring (bicyclic) bond motifs is 2. The molecule has 0 bridgehead atoms. The van der Waals surface area contributed by atoms with Gasteiger partial charge in [0.2, 0.25) is 0 Å². The van der Waals surface area contributed by atoms with Crippen LogP contribution in [-0.2, 0) is 16.0 Å². The number of aromatic amines is 1. The lowest BCUT2D eigenvalue weighted by molar-refractivity contribution is -0.153. The standard InChI is InChI=1S/C29H26N4O3/c1-29(2,3)36-27(34)17-20-6-8-24-22(14-20)23(28(35)31-24)15-19-4-7-21-25(32-33-26(21)16-19)9-5-18-10-12-30-13-11-18/h4-16,31,35H,17H2,1-3H3/b9-5+,19-15?. The number of aromatic hydroxyl groups is 1. The molecule has 0 saturated carbocycles. The molecule has 1 aliphatic rings. The fraction of sp³-hybridized carbons (Fsp3) is 0.172. The van der Waals surface area contributed by atoms with Crippen LogP contribution in [-0.4, -0.2) is 26.6 Å². The largest absolute Gasteiger partial charge is 0.494 e. The maximum absolute atomic E-state index is 12.3. The fourth-order valence-corrected chi connectivity index (χ4v) is 4.08. The molecule has 3 heterocycles. The number of carbonyl (C=O) groups is 1. The molecule has 0 amide bonds. The number of hydrogen-bond donors (Lipinski definition) is 2. The number of nitrogens with zero attached hydrogens (tertiary/aromatic N) is 3. The van der Waals surface area contributed by atoms with Gasteiger partial charge < -0.3 is 14.8 Å². The second kappa shape index (κ2) is 9.26. The van der Waals surface area contributed by atoms with Crippen molar-refractivity contribution in [2.75, 3.05) is 0 Å². The van der Waals surface area contributed by atoms with Gasteiger partial charge in [0.1, 0.15) is 5.60 Å². The van der Waals surface area contributed by atoms with Crippen LogP contribution in [0, 0.1) is 0 Å². The Hall–Kier alpha value is -4.52. The van der Waals surface area contributed by atoms with Crippen LogP contribution in [0.3, 0.4) is 0 Å². The van der Waals surface area contributed by atoms with Gasteiger partial charge in [-0.05, 0) is 85.7 Å². The van der Waals surface area contributed by atoms with Gasteiger partial charge in [-0.1, -0.05) is 18.2 Å². The highest BCUT2D eigenvalue weighted by atomic mass is 16.6. The number of esters is 1. The first-order chi connectivity index (χ1) is 17.2. The minimum absolute atomic E-state index is 0.0640. The maximum Gasteiger partial charge on any atom is 0.310 e. The van der Waals surface area contributed by atoms with Crippen LogP contribution in [0.2, 0.25) is 0 Å². The highest BCUT2D eigenvalue weighted by Crippen LogP contribution is 2.29. The molecular weight excluding hydrogens is 452 g/mol. The summed E-state index contributed by atoms with van der Waals surface area (Å²) in [4.78, 5) is 19.3. The fourth-order valence-electron chi connectivity index (χ4n) is 4.08. The second-order valence-electron chi connectivity index (χ2n) is 9.65. The zero-order chi connectivity index (χ0) is 25.3. The Bertz CT molecular complexity index is 1640. The highest BCUT2D eigenvalue weighted by Gasteiger charge is 2.17. The molecule has 0 saturated heterocycles. The van der Waals surface area contributed by atoms with Crippen molar-refractivity contribution in [3.05, 3.63) is 94.1 Å². The smallest absolute Gasteiger partial charge is 0.310 e. The van der Waals surface area contributed by atoms with Gasteiger partial charge in [-0.25, -0.2) is 0 Å². The number of aromatic nitrogens is 2. The lowest BCUT2D eigenvalue weighted by Crippen LogP contribution is -2.24. The first-order valence-electron chi connectivity index (χ1n) is 11.7. The number of carbonyl (C=O) groups excluding carboxylic acids is 1. The summed E-state index contributed by atoms with van der Waals surface area (Å²) in [6.45, 7) is 5.54. The number of ether oxygens (including phenoxy) is 1. The Kier molecular flexibility index (Phi) is 5.98. The molecule has 0 aliphatic carbocycles. The van der Waals surface area contributed by atoms with E-state index in [1.54, 1.807) is 12.4 Å². The third-order valence-corrected chi connectivity index (χ3v) is 5.66. The number of H-pyrrole nitrogens is 1. The van der Waals surface area contributed by atoms with Crippen molar-refractivity contribution in [3.8, 4) is 5.88 Å². The van der Waals surface area contributed by atoms with Crippen LogP contribution in [0.15, 0.2) is 77.2 Å². The van der Waals surface area contributed by atoms with Crippen molar-refractivity contribution in [1.82, 2.24) is 9.97 Å². The Morgan fingerprint density at radius 3 is 2.61 bits per heavy atom. The number of pyridine rings is 1. The molecule has 36 heavy (non-hydrogen) atoms. The van der Waals surface area contributed by atoms with Gasteiger partial charge in [-0.15, -0.1) is 10.2 Å². The van der Waals surface area contributed by atoms with Gasteiger partial charge in [0.05, 0.1) is 17.8 Å². The summed E-state index contributed by atoms with van der Waals surface area (Å²) >= 11 is 0. The average molecular weight is 479 g/mol. The molecule has 2 N–H and O–H groups in total. The van der Waals surface area contributed by atoms with Crippen molar-refractivity contribution >= 4 is 40.4 Å². The van der Waals surface area contributed by atoms with E-state index in [1.165, 1.54) is 0 Å². The van der Waals surface area contributed by atoms with Gasteiger partial charge in [0.25, 0.3) is 0 Å². The van der Waals surface area contributed by atoms with E-state index in [9.17, 15) is 9.90 Å². The Morgan fingerprint density at radius 2 is 1.83 bits per heavy atom. The first kappa shape index (κ1) is 23.2. The molecule has 0 fully saturated rings. The molecule has 2 aromatic heterocycles. The molecule has 0 spiro atoms. The predicted octanol–water partition coefficient (Wildman–Crippen LogP) is 4.90. The van der Waals surface area contributed by atoms with Gasteiger partial charge >= 0.3 is 5.97 Å². The van der Waals surface area contributed by atoms with Crippen LogP contribution >= 0.6 is 0 Å². The summed E-state index contributed by atoms with van der Waals surface area (Å²) in [6.07, 6.45) is 9.46. The van der Waals surface area contributed by atoms with Gasteiger partial charge in [0.15, 0.2) is 5.88 Å². The van der Waals surface area contributed by atoms with Gasteiger partial charge in [0, 0.05) is 34.1 Å². The molecule has 7 nitrogen and oxygen atoms in total. The van der Waals surface area contributed by atoms with Crippen molar-refractivity contribution in [2.24, 2.45) is 10.2 Å². The van der Waals surface area contributed by atoms with E-state index in [2.05, 4.69) is 20.2 Å². The third kappa shape index (κ3) is 5.10. The molecule has 0 radical (unpaired) electrons. The Labute approximate surface area is 208 Å². The summed E-state index contributed by atoms with van der Waals surface area (Å²) in [5.41, 5.74) is 4.29. The summed E-state index contributed by atoms with van der Waals surface area (Å²) in [7, 11) is 0. The molecule has 7 heteroatoms. The van der Waals surface area contributed by atoms with E-state index in [-0.39, 0.29) is 18.3 Å². The first-order valence-corrected chi connectivity index (χ1v) is 11.7. The highest BCUT2D eigenvalue weighted by molar-refractivity contribution is 5.93. The van der Waals surface area contributed by atoms with E-state index >= 15 is 0 Å². The Morgan fingerprint density at radius 1 is 1.03 bits per heavy atom. The van der Waals surface area contributed by atoms with E-state index in [4.69, 9.17) is 4.74 Å². The van der Waals surface area contributed by atoms with Gasteiger partial charge in [-0.3, -0.25) is 9.78 Å². The van der Waals surface area contributed by atoms with Gasteiger partial charge in [-0.2, -0.15) is 0 Å². The van der Waals surface area contributed by atoms with E-state index < -0.39 is 5.60 Å². The normalized spacial score (nSPS) is 13.6. The Balaban J connectivity index is 1.47. The molecule has 1 aliphatic heterocycles. The molecule has 0 unspecified atom stereocenters. The lowest BCUT2D eigenvalue weighted by Gasteiger charge is -2.19. The van der Waals surface area contributed by atoms with Crippen molar-refractivity contribution in [1.29, 1.82) is 0 Å². The topological polar surface area (TPSA) is 99.9 Å². The predicted molar refractivity (Wildman–Crippen MR) is 140 cm³/mol. The van der Waals surface area contributed by atoms with Crippen LogP contribution in [0.25, 0.3) is 28.8 Å². The van der Waals surface area contributed by atoms with Crippen LogP contribution < -0.4 is 10.4 Å². The number of nitrogens with one attached hydrogen (secondary N) is 1. The van der Waals surface area contributed by atoms with Crippen molar-refractivity contribution in [3.63, 3.8) is 0 Å². The third-order valence-electron chi connectivity index (χ3n) is 5.66. The van der Waals surface area contributed by atoms with Crippen LogP contribution in [0.1, 0.15) is 37.5 Å². The minimum atomic E-state index is -0.538. The van der Waals surface area contributed by atoms with E-state index in [0.717, 1.165) is 43.9 Å². The summed E-state index contributed by atoms with van der Waals surface area (Å²) < 4.78 is 5.45. The average Bonchev–Trinajstić information content (AvgIpc) is 3.37. The zero-order valence-electron chi connectivity index (χ0n) is 20.3. The van der Waals surface area contributed by atoms with Crippen LogP contribution in [0.4, 0.5) is 5.69 Å².